The molecule has 1 spiro atoms. The third kappa shape index (κ3) is 4.77. The van der Waals surface area contributed by atoms with Crippen molar-refractivity contribution in [3.63, 3.8) is 0 Å². The van der Waals surface area contributed by atoms with Gasteiger partial charge in [-0.05, 0) is 100 Å². The second kappa shape index (κ2) is 8.98. The number of piperidine rings is 1. The summed E-state index contributed by atoms with van der Waals surface area (Å²) in [5.41, 5.74) is 3.74. The van der Waals surface area contributed by atoms with Crippen LogP contribution in [0.2, 0.25) is 0 Å². The molecule has 7 nitrogen and oxygen atoms in total. The number of oxazole rings is 1. The number of likely N-dealkylation sites (tertiary alicyclic amines) is 1. The summed E-state index contributed by atoms with van der Waals surface area (Å²) in [6, 6.07) is 13.7. The van der Waals surface area contributed by atoms with Gasteiger partial charge in [-0.1, -0.05) is 12.1 Å². The minimum absolute atomic E-state index is 0.186. The Morgan fingerprint density at radius 1 is 1.08 bits per heavy atom. The van der Waals surface area contributed by atoms with Crippen molar-refractivity contribution in [1.29, 1.82) is 0 Å². The zero-order valence-corrected chi connectivity index (χ0v) is 21.8. The van der Waals surface area contributed by atoms with Gasteiger partial charge in [0.15, 0.2) is 5.58 Å². The van der Waals surface area contributed by atoms with Gasteiger partial charge >= 0.3 is 5.97 Å². The Labute approximate surface area is 217 Å². The molecule has 1 aromatic heterocycles. The van der Waals surface area contributed by atoms with E-state index >= 15 is 0 Å². The third-order valence-corrected chi connectivity index (χ3v) is 8.05. The fraction of sp³-hybridized carbons (Fsp3) is 0.500. The predicted molar refractivity (Wildman–Crippen MR) is 139 cm³/mol. The lowest BCUT2D eigenvalue weighted by atomic mass is 9.88. The summed E-state index contributed by atoms with van der Waals surface area (Å²) in [5.74, 6) is 0.894. The lowest BCUT2D eigenvalue weighted by Gasteiger charge is -2.34. The second-order valence-electron chi connectivity index (χ2n) is 11.8. The highest BCUT2D eigenvalue weighted by molar-refractivity contribution is 5.93. The molecule has 2 atom stereocenters. The molecule has 7 heteroatoms. The number of carbonyl (C=O) groups excluding carboxylic acids is 2. The van der Waals surface area contributed by atoms with Crippen molar-refractivity contribution in [1.82, 2.24) is 9.88 Å². The van der Waals surface area contributed by atoms with Crippen molar-refractivity contribution in [2.24, 2.45) is 5.41 Å². The first kappa shape index (κ1) is 24.2. The van der Waals surface area contributed by atoms with E-state index in [9.17, 15) is 9.59 Å². The van der Waals surface area contributed by atoms with Crippen LogP contribution < -0.4 is 0 Å². The van der Waals surface area contributed by atoms with Gasteiger partial charge in [0.05, 0.1) is 5.56 Å². The standard InChI is InChI=1S/C30H34N2O5/c1-29(2,3)37-28(34)21-10-11-24-23(17-21)31-26(36-24)20-8-6-19(7-9-20)22-18-30(22)12-14-32(15-13-30)27(33)25-5-4-16-35-25/h6-11,17,22,25H,4-5,12-16,18H2,1-3H3/t22?,25-/m1/s1. The number of hydrogen-bond donors (Lipinski definition) is 0. The van der Waals surface area contributed by atoms with E-state index < -0.39 is 5.60 Å². The first-order valence-corrected chi connectivity index (χ1v) is 13.4. The Hall–Kier alpha value is -3.19. The molecule has 3 heterocycles. The monoisotopic (exact) mass is 502 g/mol. The topological polar surface area (TPSA) is 81.9 Å². The summed E-state index contributed by atoms with van der Waals surface area (Å²) in [7, 11) is 0. The summed E-state index contributed by atoms with van der Waals surface area (Å²) in [5, 5.41) is 0. The Balaban J connectivity index is 1.11. The van der Waals surface area contributed by atoms with Gasteiger partial charge in [0.2, 0.25) is 5.89 Å². The zero-order chi connectivity index (χ0) is 25.8. The van der Waals surface area contributed by atoms with Crippen LogP contribution in [-0.2, 0) is 14.3 Å². The van der Waals surface area contributed by atoms with E-state index in [0.717, 1.165) is 44.3 Å². The first-order valence-electron chi connectivity index (χ1n) is 13.4. The summed E-state index contributed by atoms with van der Waals surface area (Å²) in [6.07, 6.45) is 4.94. The fourth-order valence-corrected chi connectivity index (χ4v) is 5.89. The van der Waals surface area contributed by atoms with E-state index in [2.05, 4.69) is 29.2 Å². The Kier molecular flexibility index (Phi) is 5.86. The molecule has 3 aliphatic rings. The molecule has 1 unspecified atom stereocenters. The van der Waals surface area contributed by atoms with Crippen LogP contribution >= 0.6 is 0 Å². The van der Waals surface area contributed by atoms with Crippen LogP contribution in [0.4, 0.5) is 0 Å². The van der Waals surface area contributed by atoms with Gasteiger partial charge in [-0.3, -0.25) is 4.79 Å². The first-order chi connectivity index (χ1) is 17.7. The molecule has 37 heavy (non-hydrogen) atoms. The number of esters is 1. The van der Waals surface area contributed by atoms with Crippen LogP contribution in [0, 0.1) is 5.41 Å². The Morgan fingerprint density at radius 2 is 1.84 bits per heavy atom. The van der Waals surface area contributed by atoms with Crippen molar-refractivity contribution in [3.8, 4) is 11.5 Å². The number of amides is 1. The maximum Gasteiger partial charge on any atom is 0.338 e. The average molecular weight is 503 g/mol. The molecule has 2 aromatic carbocycles. The van der Waals surface area contributed by atoms with Crippen LogP contribution in [-0.4, -0.2) is 53.2 Å². The van der Waals surface area contributed by atoms with Gasteiger partial charge in [-0.25, -0.2) is 9.78 Å². The summed E-state index contributed by atoms with van der Waals surface area (Å²) < 4.78 is 17.1. The molecule has 0 bridgehead atoms. The van der Waals surface area contributed by atoms with Gasteiger partial charge in [0, 0.05) is 25.3 Å². The molecular weight excluding hydrogens is 468 g/mol. The molecule has 2 aliphatic heterocycles. The van der Waals surface area contributed by atoms with E-state index in [1.807, 2.05) is 25.7 Å². The molecular formula is C30H34N2O5. The number of hydrogen-bond acceptors (Lipinski definition) is 6. The van der Waals surface area contributed by atoms with Gasteiger partial charge in [0.25, 0.3) is 5.91 Å². The van der Waals surface area contributed by atoms with Crippen molar-refractivity contribution in [2.75, 3.05) is 19.7 Å². The molecule has 1 saturated carbocycles. The van der Waals surface area contributed by atoms with E-state index in [1.54, 1.807) is 18.2 Å². The minimum Gasteiger partial charge on any atom is -0.456 e. The summed E-state index contributed by atoms with van der Waals surface area (Å²) >= 11 is 0. The highest BCUT2D eigenvalue weighted by atomic mass is 16.6. The van der Waals surface area contributed by atoms with E-state index in [1.165, 1.54) is 12.0 Å². The van der Waals surface area contributed by atoms with E-state index in [0.29, 0.717) is 40.5 Å². The molecule has 6 rings (SSSR count). The van der Waals surface area contributed by atoms with Crippen molar-refractivity contribution in [2.45, 2.75) is 70.5 Å². The van der Waals surface area contributed by atoms with E-state index in [-0.39, 0.29) is 18.0 Å². The molecule has 3 aromatic rings. The second-order valence-corrected chi connectivity index (χ2v) is 11.8. The predicted octanol–water partition coefficient (Wildman–Crippen LogP) is 5.73. The minimum atomic E-state index is -0.554. The van der Waals surface area contributed by atoms with Crippen LogP contribution in [0.1, 0.15) is 74.7 Å². The van der Waals surface area contributed by atoms with Crippen LogP contribution in [0.25, 0.3) is 22.6 Å². The summed E-state index contributed by atoms with van der Waals surface area (Å²) in [4.78, 5) is 31.8. The van der Waals surface area contributed by atoms with Crippen molar-refractivity contribution in [3.05, 3.63) is 53.6 Å². The zero-order valence-electron chi connectivity index (χ0n) is 21.8. The fourth-order valence-electron chi connectivity index (χ4n) is 5.89. The number of aromatic nitrogens is 1. The van der Waals surface area contributed by atoms with E-state index in [4.69, 9.17) is 13.9 Å². The highest BCUT2D eigenvalue weighted by Crippen LogP contribution is 2.65. The molecule has 194 valence electrons. The lowest BCUT2D eigenvalue weighted by molar-refractivity contribution is -0.142. The van der Waals surface area contributed by atoms with Gasteiger partial charge in [0.1, 0.15) is 17.2 Å². The maximum atomic E-state index is 12.7. The van der Waals surface area contributed by atoms with Gasteiger partial charge in [-0.2, -0.15) is 0 Å². The number of carbonyl (C=O) groups is 2. The van der Waals surface area contributed by atoms with Crippen molar-refractivity contribution < 1.29 is 23.5 Å². The molecule has 0 N–H and O–H groups in total. The van der Waals surface area contributed by atoms with Crippen LogP contribution in [0.5, 0.6) is 0 Å². The molecule has 1 amide bonds. The number of nitrogens with zero attached hydrogens (tertiary/aromatic N) is 2. The quantitative estimate of drug-likeness (QED) is 0.424. The number of benzene rings is 2. The molecule has 2 saturated heterocycles. The molecule has 1 aliphatic carbocycles. The normalized spacial score (nSPS) is 22.9. The number of rotatable bonds is 4. The molecule has 3 fully saturated rings. The largest absolute Gasteiger partial charge is 0.456 e. The SMILES string of the molecule is CC(C)(C)OC(=O)c1ccc2oc(-c3ccc(C4CC45CCN(C(=O)[C@H]4CCCO4)CC5)cc3)nc2c1. The third-order valence-electron chi connectivity index (χ3n) is 8.05. The van der Waals surface area contributed by atoms with Crippen LogP contribution in [0.3, 0.4) is 0 Å². The number of ether oxygens (including phenoxy) is 2. The van der Waals surface area contributed by atoms with Crippen molar-refractivity contribution >= 4 is 23.0 Å². The van der Waals surface area contributed by atoms with Gasteiger partial charge < -0.3 is 18.8 Å². The maximum absolute atomic E-state index is 12.7. The Bertz CT molecular complexity index is 1320. The Morgan fingerprint density at radius 3 is 2.51 bits per heavy atom. The average Bonchev–Trinajstić information content (AvgIpc) is 3.23. The molecule has 0 radical (unpaired) electrons. The van der Waals surface area contributed by atoms with Gasteiger partial charge in [-0.15, -0.1) is 0 Å². The number of fused-ring (bicyclic) bond motifs is 1. The summed E-state index contributed by atoms with van der Waals surface area (Å²) in [6.45, 7) is 7.93. The lowest BCUT2D eigenvalue weighted by Crippen LogP contribution is -2.44. The highest BCUT2D eigenvalue weighted by Gasteiger charge is 2.55. The van der Waals surface area contributed by atoms with Crippen LogP contribution in [0.15, 0.2) is 46.9 Å². The smallest absolute Gasteiger partial charge is 0.338 e.